The van der Waals surface area contributed by atoms with Crippen LogP contribution in [-0.4, -0.2) is 28.2 Å². The third-order valence-electron chi connectivity index (χ3n) is 3.37. The molecule has 0 unspecified atom stereocenters. The number of nitrogens with one attached hydrogen (secondary N) is 1. The molecule has 0 saturated heterocycles. The van der Waals surface area contributed by atoms with Crippen molar-refractivity contribution >= 4 is 24.5 Å². The number of benzene rings is 2. The summed E-state index contributed by atoms with van der Waals surface area (Å²) in [5, 5.41) is 11.4. The molecule has 120 valence electrons. The number of aromatic nitrogens is 3. The average molecular weight is 336 g/mol. The molecule has 3 rings (SSSR count). The quantitative estimate of drug-likeness (QED) is 0.562. The lowest BCUT2D eigenvalue weighted by Crippen LogP contribution is -1.93. The molecule has 1 aromatic heterocycles. The van der Waals surface area contributed by atoms with Gasteiger partial charge >= 0.3 is 0 Å². The van der Waals surface area contributed by atoms with Crippen LogP contribution in [0.1, 0.15) is 5.56 Å². The average Bonchev–Trinajstić information content (AvgIpc) is 3.00. The molecule has 0 fully saturated rings. The molecule has 0 aliphatic carbocycles. The molecule has 0 atom stereocenters. The molecular weight excluding hydrogens is 320 g/mol. The van der Waals surface area contributed by atoms with E-state index < -0.39 is 0 Å². The number of hydrogen-bond donors (Lipinski definition) is 1. The molecule has 0 bridgehead atoms. The van der Waals surface area contributed by atoms with Gasteiger partial charge in [0.05, 0.1) is 7.11 Å². The zero-order chi connectivity index (χ0) is 16.8. The Kier molecular flexibility index (Phi) is 4.98. The Morgan fingerprint density at radius 2 is 1.88 bits per heavy atom. The molecule has 1 heterocycles. The number of methoxy groups -OCH3 is 1. The van der Waals surface area contributed by atoms with E-state index in [2.05, 4.69) is 15.3 Å². The van der Waals surface area contributed by atoms with Crippen molar-refractivity contribution in [2.75, 3.05) is 7.11 Å². The Morgan fingerprint density at radius 3 is 2.67 bits per heavy atom. The van der Waals surface area contributed by atoms with Crippen LogP contribution in [0, 0.1) is 4.77 Å². The minimum atomic E-state index is 0.441. The summed E-state index contributed by atoms with van der Waals surface area (Å²) in [6.07, 6.45) is 5.43. The summed E-state index contributed by atoms with van der Waals surface area (Å²) >= 11 is 5.24. The van der Waals surface area contributed by atoms with Crippen LogP contribution in [0.3, 0.4) is 0 Å². The number of aromatic amines is 1. The fourth-order valence-corrected chi connectivity index (χ4v) is 2.41. The SMILES string of the molecule is COc1ccccc1C=CC=Nn1c(-c2ccccc2)n[nH]c1=S. The van der Waals surface area contributed by atoms with Gasteiger partial charge in [-0.15, -0.1) is 0 Å². The van der Waals surface area contributed by atoms with Gasteiger partial charge in [0.15, 0.2) is 5.82 Å². The zero-order valence-corrected chi connectivity index (χ0v) is 13.9. The highest BCUT2D eigenvalue weighted by atomic mass is 32.1. The van der Waals surface area contributed by atoms with E-state index in [0.29, 0.717) is 10.6 Å². The second kappa shape index (κ2) is 7.52. The van der Waals surface area contributed by atoms with Crippen molar-refractivity contribution in [3.63, 3.8) is 0 Å². The lowest BCUT2D eigenvalue weighted by molar-refractivity contribution is 0.414. The van der Waals surface area contributed by atoms with Crippen LogP contribution in [0.5, 0.6) is 5.75 Å². The van der Waals surface area contributed by atoms with Gasteiger partial charge in [-0.1, -0.05) is 48.5 Å². The number of para-hydroxylation sites is 1. The zero-order valence-electron chi connectivity index (χ0n) is 13.1. The van der Waals surface area contributed by atoms with Gasteiger partial charge < -0.3 is 4.74 Å². The van der Waals surface area contributed by atoms with Gasteiger partial charge in [-0.25, -0.2) is 5.10 Å². The van der Waals surface area contributed by atoms with Gasteiger partial charge in [0.2, 0.25) is 4.77 Å². The second-order valence-corrected chi connectivity index (χ2v) is 5.28. The summed E-state index contributed by atoms with van der Waals surface area (Å²) in [7, 11) is 1.65. The maximum atomic E-state index is 5.31. The van der Waals surface area contributed by atoms with Crippen molar-refractivity contribution in [1.29, 1.82) is 0 Å². The van der Waals surface area contributed by atoms with E-state index in [1.54, 1.807) is 18.0 Å². The molecule has 24 heavy (non-hydrogen) atoms. The third kappa shape index (κ3) is 3.49. The van der Waals surface area contributed by atoms with Crippen molar-refractivity contribution < 1.29 is 4.74 Å². The molecule has 0 aliphatic rings. The molecule has 0 saturated carbocycles. The number of H-pyrrole nitrogens is 1. The lowest BCUT2D eigenvalue weighted by atomic mass is 10.2. The van der Waals surface area contributed by atoms with E-state index in [-0.39, 0.29) is 0 Å². The van der Waals surface area contributed by atoms with Crippen molar-refractivity contribution in [2.45, 2.75) is 0 Å². The summed E-state index contributed by atoms with van der Waals surface area (Å²) in [6, 6.07) is 17.5. The van der Waals surface area contributed by atoms with Crippen LogP contribution >= 0.6 is 12.2 Å². The summed E-state index contributed by atoms with van der Waals surface area (Å²) in [6.45, 7) is 0. The van der Waals surface area contributed by atoms with Gasteiger partial charge in [-0.3, -0.25) is 0 Å². The molecule has 2 aromatic carbocycles. The molecule has 0 aliphatic heterocycles. The Bertz CT molecular complexity index is 925. The van der Waals surface area contributed by atoms with E-state index in [1.165, 1.54) is 0 Å². The van der Waals surface area contributed by atoms with Crippen molar-refractivity contribution in [1.82, 2.24) is 14.9 Å². The molecule has 6 heteroatoms. The van der Waals surface area contributed by atoms with Crippen LogP contribution in [0.25, 0.3) is 17.5 Å². The van der Waals surface area contributed by atoms with Gasteiger partial charge in [0.25, 0.3) is 0 Å². The highest BCUT2D eigenvalue weighted by molar-refractivity contribution is 7.71. The van der Waals surface area contributed by atoms with E-state index in [1.807, 2.05) is 66.7 Å². The van der Waals surface area contributed by atoms with Gasteiger partial charge in [0.1, 0.15) is 5.75 Å². The van der Waals surface area contributed by atoms with E-state index >= 15 is 0 Å². The topological polar surface area (TPSA) is 55.2 Å². The van der Waals surface area contributed by atoms with Gasteiger partial charge in [0, 0.05) is 17.3 Å². The van der Waals surface area contributed by atoms with Crippen LogP contribution in [0.4, 0.5) is 0 Å². The Balaban J connectivity index is 1.84. The van der Waals surface area contributed by atoms with Crippen molar-refractivity contribution in [3.05, 3.63) is 71.0 Å². The van der Waals surface area contributed by atoms with Crippen molar-refractivity contribution in [2.24, 2.45) is 5.10 Å². The Morgan fingerprint density at radius 1 is 1.12 bits per heavy atom. The largest absolute Gasteiger partial charge is 0.496 e. The molecule has 3 aromatic rings. The standard InChI is InChI=1S/C18H16N4OS/c1-23-16-12-6-5-8-14(16)11-7-13-19-22-17(20-21-18(22)24)15-9-3-2-4-10-15/h2-13H,1H3,(H,21,24). The molecule has 0 spiro atoms. The minimum absolute atomic E-state index is 0.441. The van der Waals surface area contributed by atoms with Gasteiger partial charge in [-0.2, -0.15) is 14.9 Å². The van der Waals surface area contributed by atoms with Crippen LogP contribution in [0.2, 0.25) is 0 Å². The highest BCUT2D eigenvalue weighted by Gasteiger charge is 2.06. The van der Waals surface area contributed by atoms with Crippen LogP contribution in [0.15, 0.2) is 65.8 Å². The summed E-state index contributed by atoms with van der Waals surface area (Å²) < 4.78 is 7.35. The first-order chi connectivity index (χ1) is 11.8. The fourth-order valence-electron chi connectivity index (χ4n) is 2.23. The van der Waals surface area contributed by atoms with E-state index in [4.69, 9.17) is 17.0 Å². The number of ether oxygens (including phenoxy) is 1. The van der Waals surface area contributed by atoms with Crippen molar-refractivity contribution in [3.8, 4) is 17.1 Å². The maximum absolute atomic E-state index is 5.31. The normalized spacial score (nSPS) is 11.4. The first-order valence-electron chi connectivity index (χ1n) is 7.36. The van der Waals surface area contributed by atoms with Crippen LogP contribution < -0.4 is 4.74 Å². The first-order valence-corrected chi connectivity index (χ1v) is 7.77. The van der Waals surface area contributed by atoms with E-state index in [0.717, 1.165) is 16.9 Å². The summed E-state index contributed by atoms with van der Waals surface area (Å²) in [5.74, 6) is 1.48. The predicted octanol–water partition coefficient (Wildman–Crippen LogP) is 4.16. The smallest absolute Gasteiger partial charge is 0.216 e. The predicted molar refractivity (Wildman–Crippen MR) is 98.8 cm³/mol. The third-order valence-corrected chi connectivity index (χ3v) is 3.63. The molecule has 5 nitrogen and oxygen atoms in total. The van der Waals surface area contributed by atoms with Crippen LogP contribution in [-0.2, 0) is 0 Å². The molecule has 1 N–H and O–H groups in total. The molecule has 0 radical (unpaired) electrons. The summed E-state index contributed by atoms with van der Waals surface area (Å²) in [5.41, 5.74) is 1.92. The summed E-state index contributed by atoms with van der Waals surface area (Å²) in [4.78, 5) is 0. The Labute approximate surface area is 144 Å². The van der Waals surface area contributed by atoms with Gasteiger partial charge in [-0.05, 0) is 30.4 Å². The number of nitrogens with zero attached hydrogens (tertiary/aromatic N) is 3. The van der Waals surface area contributed by atoms with E-state index in [9.17, 15) is 0 Å². The minimum Gasteiger partial charge on any atom is -0.496 e. The second-order valence-electron chi connectivity index (χ2n) is 4.90. The number of rotatable bonds is 5. The highest BCUT2D eigenvalue weighted by Crippen LogP contribution is 2.18. The monoisotopic (exact) mass is 336 g/mol. The molecule has 0 amide bonds. The maximum Gasteiger partial charge on any atom is 0.216 e. The fraction of sp³-hybridized carbons (Fsp3) is 0.0556. The Hall–Kier alpha value is -2.99. The molecular formula is C18H16N4OS. The first kappa shape index (κ1) is 15.9. The number of allylic oxidation sites excluding steroid dienone is 1. The lowest BCUT2D eigenvalue weighted by Gasteiger charge is -2.02. The number of hydrogen-bond acceptors (Lipinski definition) is 4.